The summed E-state index contributed by atoms with van der Waals surface area (Å²) in [5.41, 5.74) is 3.95. The standard InChI is InChI=1S/C27H32O5/c1-16(2)7-8-20(17(3)4)14-22-24(30)15-25(32-6)26(27(22)31)23(29)12-10-19-9-11-21(28)13-18(19)5/h7,9-13,15,20,28,30-31H,3,8,14H2,1-2,4-6H3/t20-/m1/s1. The number of allylic oxidation sites excluding steroid dienone is 4. The minimum atomic E-state index is -0.454. The third-order valence-corrected chi connectivity index (χ3v) is 5.44. The van der Waals surface area contributed by atoms with Crippen LogP contribution in [0.2, 0.25) is 0 Å². The molecule has 2 rings (SSSR count). The van der Waals surface area contributed by atoms with Crippen molar-refractivity contribution in [3.63, 3.8) is 0 Å². The number of aromatic hydroxyl groups is 3. The number of phenolic OH excluding ortho intramolecular Hbond substituents is 3. The number of aryl methyl sites for hydroxylation is 1. The topological polar surface area (TPSA) is 87.0 Å². The van der Waals surface area contributed by atoms with Crippen molar-refractivity contribution in [2.24, 2.45) is 5.92 Å². The smallest absolute Gasteiger partial charge is 0.193 e. The van der Waals surface area contributed by atoms with Crippen molar-refractivity contribution in [3.05, 3.63) is 76.4 Å². The van der Waals surface area contributed by atoms with Gasteiger partial charge in [-0.15, -0.1) is 0 Å². The molecule has 0 radical (unpaired) electrons. The molecule has 2 aromatic rings. The molecule has 0 heterocycles. The van der Waals surface area contributed by atoms with E-state index in [2.05, 4.69) is 12.7 Å². The highest BCUT2D eigenvalue weighted by atomic mass is 16.5. The van der Waals surface area contributed by atoms with Crippen molar-refractivity contribution >= 4 is 11.9 Å². The van der Waals surface area contributed by atoms with Gasteiger partial charge in [0.2, 0.25) is 0 Å². The summed E-state index contributed by atoms with van der Waals surface area (Å²) in [4.78, 5) is 13.0. The van der Waals surface area contributed by atoms with E-state index in [4.69, 9.17) is 4.74 Å². The zero-order chi connectivity index (χ0) is 24.0. The quantitative estimate of drug-likeness (QED) is 0.251. The lowest BCUT2D eigenvalue weighted by molar-refractivity contribution is 0.104. The van der Waals surface area contributed by atoms with Gasteiger partial charge in [0.05, 0.1) is 7.11 Å². The summed E-state index contributed by atoms with van der Waals surface area (Å²) in [5.74, 6) is -0.636. The van der Waals surface area contributed by atoms with Crippen LogP contribution in [0.3, 0.4) is 0 Å². The Kier molecular flexibility index (Phi) is 8.30. The maximum Gasteiger partial charge on any atom is 0.193 e. The molecule has 1 atom stereocenters. The SMILES string of the molecule is C=C(C)[C@H](CC=C(C)C)Cc1c(O)cc(OC)c(C(=O)C=Cc2ccc(O)cc2C)c1O. The van der Waals surface area contributed by atoms with E-state index in [1.807, 2.05) is 27.7 Å². The number of methoxy groups -OCH3 is 1. The van der Waals surface area contributed by atoms with Gasteiger partial charge in [0, 0.05) is 11.6 Å². The first-order chi connectivity index (χ1) is 15.0. The van der Waals surface area contributed by atoms with Gasteiger partial charge in [-0.3, -0.25) is 4.79 Å². The molecule has 0 spiro atoms. The monoisotopic (exact) mass is 436 g/mol. The van der Waals surface area contributed by atoms with Gasteiger partial charge in [0.25, 0.3) is 0 Å². The summed E-state index contributed by atoms with van der Waals surface area (Å²) in [6.07, 6.45) is 6.10. The summed E-state index contributed by atoms with van der Waals surface area (Å²) in [5, 5.41) is 31.1. The van der Waals surface area contributed by atoms with Crippen LogP contribution in [0.5, 0.6) is 23.0 Å². The van der Waals surface area contributed by atoms with Crippen molar-refractivity contribution in [3.8, 4) is 23.0 Å². The van der Waals surface area contributed by atoms with Crippen LogP contribution in [0, 0.1) is 12.8 Å². The largest absolute Gasteiger partial charge is 0.508 e. The maximum absolute atomic E-state index is 13.0. The molecule has 32 heavy (non-hydrogen) atoms. The second-order valence-electron chi connectivity index (χ2n) is 8.30. The van der Waals surface area contributed by atoms with Crippen LogP contribution in [0.1, 0.15) is 54.2 Å². The van der Waals surface area contributed by atoms with Crippen molar-refractivity contribution in [1.29, 1.82) is 0 Å². The number of rotatable bonds is 9. The van der Waals surface area contributed by atoms with E-state index in [1.54, 1.807) is 18.2 Å². The Morgan fingerprint density at radius 2 is 1.84 bits per heavy atom. The van der Waals surface area contributed by atoms with Gasteiger partial charge < -0.3 is 20.1 Å². The molecule has 2 aromatic carbocycles. The van der Waals surface area contributed by atoms with E-state index < -0.39 is 5.78 Å². The van der Waals surface area contributed by atoms with Gasteiger partial charge in [0.1, 0.15) is 28.6 Å². The number of ether oxygens (including phenoxy) is 1. The molecule has 5 heteroatoms. The Hall–Kier alpha value is -3.47. The molecule has 0 unspecified atom stereocenters. The van der Waals surface area contributed by atoms with Gasteiger partial charge in [-0.05, 0) is 75.8 Å². The minimum absolute atomic E-state index is 0.00402. The molecule has 5 nitrogen and oxygen atoms in total. The molecule has 170 valence electrons. The fourth-order valence-corrected chi connectivity index (χ4v) is 3.45. The van der Waals surface area contributed by atoms with Crippen LogP contribution in [-0.4, -0.2) is 28.2 Å². The average molecular weight is 437 g/mol. The fraction of sp³-hybridized carbons (Fsp3) is 0.296. The second kappa shape index (κ2) is 10.7. The molecular weight excluding hydrogens is 404 g/mol. The lowest BCUT2D eigenvalue weighted by atomic mass is 9.88. The van der Waals surface area contributed by atoms with E-state index in [0.29, 0.717) is 18.4 Å². The number of phenols is 3. The van der Waals surface area contributed by atoms with Crippen molar-refractivity contribution in [1.82, 2.24) is 0 Å². The summed E-state index contributed by atoms with van der Waals surface area (Å²) in [7, 11) is 1.38. The van der Waals surface area contributed by atoms with Gasteiger partial charge in [-0.25, -0.2) is 0 Å². The number of carbonyl (C=O) groups is 1. The molecule has 3 N–H and O–H groups in total. The van der Waals surface area contributed by atoms with Gasteiger partial charge in [-0.1, -0.05) is 35.9 Å². The average Bonchev–Trinajstić information content (AvgIpc) is 2.71. The van der Waals surface area contributed by atoms with Gasteiger partial charge in [-0.2, -0.15) is 0 Å². The van der Waals surface area contributed by atoms with Crippen LogP contribution in [0.25, 0.3) is 6.08 Å². The first kappa shape index (κ1) is 24.8. The first-order valence-electron chi connectivity index (χ1n) is 10.5. The maximum atomic E-state index is 13.0. The Labute approximate surface area is 190 Å². The molecule has 0 bridgehead atoms. The van der Waals surface area contributed by atoms with E-state index in [9.17, 15) is 20.1 Å². The third kappa shape index (κ3) is 6.03. The van der Waals surface area contributed by atoms with Gasteiger partial charge in [0.15, 0.2) is 5.78 Å². The molecular formula is C27H32O5. The normalized spacial score (nSPS) is 11.9. The Morgan fingerprint density at radius 1 is 1.16 bits per heavy atom. The zero-order valence-corrected chi connectivity index (χ0v) is 19.4. The highest BCUT2D eigenvalue weighted by Crippen LogP contribution is 2.41. The lowest BCUT2D eigenvalue weighted by Gasteiger charge is -2.19. The van der Waals surface area contributed by atoms with E-state index in [1.165, 1.54) is 30.9 Å². The molecule has 0 aromatic heterocycles. The number of hydrogen-bond acceptors (Lipinski definition) is 5. The molecule has 0 saturated heterocycles. The number of carbonyl (C=O) groups excluding carboxylic acids is 1. The Bertz CT molecular complexity index is 1070. The van der Waals surface area contributed by atoms with Gasteiger partial charge >= 0.3 is 0 Å². The molecule has 0 saturated carbocycles. The summed E-state index contributed by atoms with van der Waals surface area (Å²) in [6, 6.07) is 6.20. The highest BCUT2D eigenvalue weighted by molar-refractivity contribution is 6.11. The second-order valence-corrected chi connectivity index (χ2v) is 8.30. The van der Waals surface area contributed by atoms with Crippen molar-refractivity contribution in [2.45, 2.75) is 40.5 Å². The minimum Gasteiger partial charge on any atom is -0.508 e. The first-order valence-corrected chi connectivity index (χ1v) is 10.5. The molecule has 0 aliphatic rings. The summed E-state index contributed by atoms with van der Waals surface area (Å²) in [6.45, 7) is 11.8. The van der Waals surface area contributed by atoms with Crippen LogP contribution in [0.15, 0.2) is 54.1 Å². The van der Waals surface area contributed by atoms with Crippen LogP contribution < -0.4 is 4.74 Å². The summed E-state index contributed by atoms with van der Waals surface area (Å²) < 4.78 is 5.27. The molecule has 0 aliphatic heterocycles. The summed E-state index contributed by atoms with van der Waals surface area (Å²) >= 11 is 0. The zero-order valence-electron chi connectivity index (χ0n) is 19.4. The van der Waals surface area contributed by atoms with Crippen LogP contribution in [0.4, 0.5) is 0 Å². The Morgan fingerprint density at radius 3 is 2.41 bits per heavy atom. The number of benzene rings is 2. The molecule has 0 amide bonds. The lowest BCUT2D eigenvalue weighted by Crippen LogP contribution is -2.08. The Balaban J connectivity index is 2.46. The predicted molar refractivity (Wildman–Crippen MR) is 129 cm³/mol. The van der Waals surface area contributed by atoms with Crippen LogP contribution >= 0.6 is 0 Å². The highest BCUT2D eigenvalue weighted by Gasteiger charge is 2.24. The fourth-order valence-electron chi connectivity index (χ4n) is 3.45. The van der Waals surface area contributed by atoms with Crippen LogP contribution in [-0.2, 0) is 6.42 Å². The third-order valence-electron chi connectivity index (χ3n) is 5.44. The number of ketones is 1. The van der Waals surface area contributed by atoms with E-state index in [0.717, 1.165) is 16.7 Å². The predicted octanol–water partition coefficient (Wildman–Crippen LogP) is 6.11. The van der Waals surface area contributed by atoms with Crippen molar-refractivity contribution in [2.75, 3.05) is 7.11 Å². The van der Waals surface area contributed by atoms with E-state index >= 15 is 0 Å². The van der Waals surface area contributed by atoms with E-state index in [-0.39, 0.29) is 34.5 Å². The van der Waals surface area contributed by atoms with Crippen molar-refractivity contribution < 1.29 is 24.9 Å². The molecule has 0 aliphatic carbocycles. The molecule has 0 fully saturated rings. The number of hydrogen-bond donors (Lipinski definition) is 3.